The van der Waals surface area contributed by atoms with Crippen LogP contribution in [0.5, 0.6) is 17.2 Å². The number of ether oxygens (including phenoxy) is 3. The van der Waals surface area contributed by atoms with Gasteiger partial charge in [0, 0.05) is 16.1 Å². The smallest absolute Gasteiger partial charge is 0.344 e. The Morgan fingerprint density at radius 1 is 0.814 bits per heavy atom. The van der Waals surface area contributed by atoms with Crippen molar-refractivity contribution in [2.75, 3.05) is 13.2 Å². The molecule has 17 heteroatoms. The number of carbonyl (C=O) groups is 2. The zero-order valence-electron chi connectivity index (χ0n) is 20.7. The molecule has 0 fully saturated rings. The van der Waals surface area contributed by atoms with Crippen LogP contribution in [0.3, 0.4) is 0 Å². The quantitative estimate of drug-likeness (QED) is 0.0417. The van der Waals surface area contributed by atoms with Crippen molar-refractivity contribution < 1.29 is 59.4 Å². The van der Waals surface area contributed by atoms with E-state index < -0.39 is 56.0 Å². The van der Waals surface area contributed by atoms with Crippen molar-refractivity contribution in [2.24, 2.45) is 0 Å². The summed E-state index contributed by atoms with van der Waals surface area (Å²) >= 11 is 5.55. The second-order valence-electron chi connectivity index (χ2n) is 8.26. The number of rotatable bonds is 8. The summed E-state index contributed by atoms with van der Waals surface area (Å²) in [6.45, 7) is -0.390. The van der Waals surface area contributed by atoms with E-state index in [1.807, 2.05) is 45.2 Å². The number of fused-ring (bicyclic) bond motifs is 1. The Kier molecular flexibility index (Phi) is 10.3. The van der Waals surface area contributed by atoms with Crippen LogP contribution in [0, 0.1) is 34.0 Å². The molecule has 0 bridgehead atoms. The molecule has 0 unspecified atom stereocenters. The molecule has 0 amide bonds. The normalized spacial score (nSPS) is 11.4. The molecule has 226 valence electrons. The van der Waals surface area contributed by atoms with E-state index in [-0.39, 0.29) is 50.2 Å². The molecule has 0 aliphatic carbocycles. The Labute approximate surface area is 280 Å². The second kappa shape index (κ2) is 13.2. The van der Waals surface area contributed by atoms with Crippen LogP contribution in [-0.4, -0.2) is 38.1 Å². The molecule has 0 radical (unpaired) electrons. The van der Waals surface area contributed by atoms with Crippen LogP contribution in [0.25, 0.3) is 10.8 Å². The number of benzene rings is 4. The second-order valence-corrected chi connectivity index (χ2v) is 13.0. The van der Waals surface area contributed by atoms with Gasteiger partial charge in [-0.15, -0.1) is 0 Å². The predicted octanol–water partition coefficient (Wildman–Crippen LogP) is 5.64. The van der Waals surface area contributed by atoms with Gasteiger partial charge in [0.1, 0.15) is 34.0 Å². The summed E-state index contributed by atoms with van der Waals surface area (Å²) in [5.74, 6) is -14.1. The third kappa shape index (κ3) is 6.78. The molecule has 0 aliphatic rings. The van der Waals surface area contributed by atoms with Gasteiger partial charge in [-0.05, 0) is 91.4 Å². The van der Waals surface area contributed by atoms with Crippen LogP contribution >= 0.6 is 67.8 Å². The van der Waals surface area contributed by atoms with Crippen molar-refractivity contribution in [3.63, 3.8) is 0 Å². The van der Waals surface area contributed by atoms with Gasteiger partial charge in [-0.1, -0.05) is 30.0 Å². The maximum Gasteiger partial charge on any atom is 0.344 e. The van der Waals surface area contributed by atoms with E-state index in [0.29, 0.717) is 7.14 Å². The summed E-state index contributed by atoms with van der Waals surface area (Å²) in [5, 5.41) is 12.6. The van der Waals surface area contributed by atoms with Gasteiger partial charge >= 0.3 is 11.9 Å². The summed E-state index contributed by atoms with van der Waals surface area (Å²) in [5.41, 5.74) is -0.206. The highest BCUT2D eigenvalue weighted by Crippen LogP contribution is 2.35. The van der Waals surface area contributed by atoms with Crippen molar-refractivity contribution in [3.8, 4) is 17.2 Å². The first-order chi connectivity index (χ1) is 20.1. The molecule has 9 nitrogen and oxygen atoms in total. The Hall–Kier alpha value is -2.50. The van der Waals surface area contributed by atoms with Crippen LogP contribution in [0.4, 0.5) is 17.6 Å². The highest BCUT2D eigenvalue weighted by atomic mass is 127. The third-order valence-corrected chi connectivity index (χ3v) is 9.18. The first-order valence-corrected chi connectivity index (χ1v) is 16.0. The fraction of sp³-hybridized carbons (Fsp3) is 0.0769. The van der Waals surface area contributed by atoms with Gasteiger partial charge in [-0.3, -0.25) is 0 Å². The highest BCUT2D eigenvalue weighted by molar-refractivity contribution is 14.1. The molecule has 4 aromatic rings. The molecule has 4 rings (SSSR count). The first-order valence-electron chi connectivity index (χ1n) is 11.3. The molecular formula is C26H11F4I3O9S-2. The van der Waals surface area contributed by atoms with Gasteiger partial charge in [0.25, 0.3) is 0 Å². The Bertz CT molecular complexity index is 1890. The maximum absolute atomic E-state index is 14.4. The minimum absolute atomic E-state index is 0.119. The van der Waals surface area contributed by atoms with Gasteiger partial charge in [-0.2, -0.15) is 8.78 Å². The fourth-order valence-corrected chi connectivity index (χ4v) is 8.17. The lowest BCUT2D eigenvalue weighted by Gasteiger charge is -2.17. The molecule has 0 aliphatic heterocycles. The van der Waals surface area contributed by atoms with Gasteiger partial charge in [-0.25, -0.2) is 26.8 Å². The molecular weight excluding hydrogens is 945 g/mol. The lowest BCUT2D eigenvalue weighted by Crippen LogP contribution is -2.17. The Morgan fingerprint density at radius 2 is 1.42 bits per heavy atom. The van der Waals surface area contributed by atoms with Crippen molar-refractivity contribution in [2.45, 2.75) is 4.90 Å². The first kappa shape index (κ1) is 33.4. The molecule has 0 atom stereocenters. The fourth-order valence-electron chi connectivity index (χ4n) is 3.74. The van der Waals surface area contributed by atoms with E-state index >= 15 is 0 Å². The zero-order chi connectivity index (χ0) is 31.8. The van der Waals surface area contributed by atoms with Crippen molar-refractivity contribution >= 4 is 101 Å². The molecule has 43 heavy (non-hydrogen) atoms. The van der Waals surface area contributed by atoms with Crippen molar-refractivity contribution in [1.82, 2.24) is 0 Å². The summed E-state index contributed by atoms with van der Waals surface area (Å²) in [4.78, 5) is 23.0. The number of hydrogen-bond acceptors (Lipinski definition) is 9. The van der Waals surface area contributed by atoms with E-state index in [1.54, 1.807) is 34.7 Å². The summed E-state index contributed by atoms with van der Waals surface area (Å²) in [7, 11) is -5.95. The average Bonchev–Trinajstić information content (AvgIpc) is 2.94. The van der Waals surface area contributed by atoms with Gasteiger partial charge in [0.15, 0.2) is 11.6 Å². The van der Waals surface area contributed by atoms with E-state index in [9.17, 15) is 45.2 Å². The molecule has 0 aromatic heterocycles. The summed E-state index contributed by atoms with van der Waals surface area (Å²) in [6.07, 6.45) is 0. The lowest BCUT2D eigenvalue weighted by molar-refractivity contribution is -0.271. The average molecular weight is 956 g/mol. The predicted molar refractivity (Wildman–Crippen MR) is 163 cm³/mol. The van der Waals surface area contributed by atoms with E-state index in [0.717, 1.165) is 6.07 Å². The highest BCUT2D eigenvalue weighted by Gasteiger charge is 2.32. The maximum atomic E-state index is 14.4. The summed E-state index contributed by atoms with van der Waals surface area (Å²) in [6, 6.07) is 9.92. The van der Waals surface area contributed by atoms with E-state index in [2.05, 4.69) is 4.74 Å². The summed E-state index contributed by atoms with van der Waals surface area (Å²) < 4.78 is 107. The minimum Gasteiger partial charge on any atom is -0.871 e. The standard InChI is InChI=1S/C26H13F4I3O9S/c27-17-19(29)24(43(37,38)39)20(30)18(28)23(17)42-25(35)12-5-6-15(11-4-2-1-3-10(11)12)40-7-8-41-26(36)16-13(31)9-14(32)22(34)21(16)33/h1-6,9,34H,7-8H2,(H,37,38,39)/p-2. The molecule has 0 N–H and O–H groups in total. The number of carbonyl (C=O) groups excluding carboxylic acids is 2. The van der Waals surface area contributed by atoms with Crippen LogP contribution in [-0.2, 0) is 14.9 Å². The van der Waals surface area contributed by atoms with E-state index in [4.69, 9.17) is 9.47 Å². The van der Waals surface area contributed by atoms with Gasteiger partial charge in [0.05, 0.1) is 11.1 Å². The van der Waals surface area contributed by atoms with Gasteiger partial charge in [0.2, 0.25) is 17.4 Å². The van der Waals surface area contributed by atoms with Crippen molar-refractivity contribution in [1.29, 1.82) is 0 Å². The van der Waals surface area contributed by atoms with Gasteiger partial charge < -0.3 is 23.9 Å². The molecule has 0 saturated carbocycles. The topological polar surface area (TPSA) is 142 Å². The molecule has 4 aromatic carbocycles. The monoisotopic (exact) mass is 956 g/mol. The van der Waals surface area contributed by atoms with Crippen LogP contribution in [0.1, 0.15) is 20.7 Å². The largest absolute Gasteiger partial charge is 0.871 e. The molecule has 0 saturated heterocycles. The Balaban J connectivity index is 1.54. The van der Waals surface area contributed by atoms with Crippen LogP contribution < -0.4 is 14.6 Å². The SMILES string of the molecule is O=C(OCCOc1ccc(C(=O)Oc2c(F)c(F)c(S(=O)(=O)[O-])c(F)c2F)c2ccccc12)c1c(I)cc(I)c([O-])c1I. The molecule has 0 heterocycles. The lowest BCUT2D eigenvalue weighted by atomic mass is 10.0. The van der Waals surface area contributed by atoms with Crippen LogP contribution in [0.15, 0.2) is 47.4 Å². The number of halogens is 7. The minimum atomic E-state index is -5.95. The number of esters is 2. The van der Waals surface area contributed by atoms with Crippen molar-refractivity contribution in [3.05, 3.63) is 87.6 Å². The molecule has 0 spiro atoms. The van der Waals surface area contributed by atoms with Crippen LogP contribution in [0.2, 0.25) is 0 Å². The van der Waals surface area contributed by atoms with E-state index in [1.165, 1.54) is 24.3 Å². The zero-order valence-corrected chi connectivity index (χ0v) is 28.0. The number of hydrogen-bond donors (Lipinski definition) is 0. The third-order valence-electron chi connectivity index (χ3n) is 5.64. The Morgan fingerprint density at radius 3 is 2.02 bits per heavy atom.